The lowest BCUT2D eigenvalue weighted by Gasteiger charge is -2.31. The fraction of sp³-hybridized carbons (Fsp3) is 0.621. The first-order chi connectivity index (χ1) is 18.8. The van der Waals surface area contributed by atoms with Crippen LogP contribution in [-0.4, -0.2) is 80.1 Å². The molecule has 0 saturated carbocycles. The van der Waals surface area contributed by atoms with Crippen LogP contribution >= 0.6 is 11.3 Å². The molecule has 1 aromatic heterocycles. The number of carbonyl (C=O) groups excluding carboxylic acids is 1. The van der Waals surface area contributed by atoms with E-state index in [1.807, 2.05) is 18.4 Å². The molecule has 0 atom stereocenters. The molecule has 1 aliphatic heterocycles. The Hall–Kier alpha value is -1.85. The van der Waals surface area contributed by atoms with E-state index in [2.05, 4.69) is 11.8 Å². The van der Waals surface area contributed by atoms with E-state index in [-0.39, 0.29) is 37.1 Å². The number of unbranched alkanes of at least 4 members (excludes halogenated alkanes) is 5. The van der Waals surface area contributed by atoms with E-state index >= 15 is 0 Å². The van der Waals surface area contributed by atoms with Gasteiger partial charge in [-0.2, -0.15) is 4.31 Å². The summed E-state index contributed by atoms with van der Waals surface area (Å²) >= 11 is 1.58. The maximum Gasteiger partial charge on any atom is 0.238 e. The van der Waals surface area contributed by atoms with Crippen LogP contribution in [0.2, 0.25) is 0 Å². The highest BCUT2D eigenvalue weighted by molar-refractivity contribution is 7.89. The summed E-state index contributed by atoms with van der Waals surface area (Å²) in [5.74, 6) is -0.529. The molecule has 39 heavy (non-hydrogen) atoms. The average Bonchev–Trinajstić information content (AvgIpc) is 3.33. The van der Waals surface area contributed by atoms with Crippen molar-refractivity contribution in [3.05, 3.63) is 57.5 Å². The van der Waals surface area contributed by atoms with Gasteiger partial charge in [-0.3, -0.25) is 9.69 Å². The average molecular weight is 582 g/mol. The lowest BCUT2D eigenvalue weighted by molar-refractivity contribution is -0.132. The summed E-state index contributed by atoms with van der Waals surface area (Å²) in [6.45, 7) is 8.25. The van der Waals surface area contributed by atoms with Gasteiger partial charge in [0.05, 0.1) is 32.1 Å². The number of nitrogens with zero attached hydrogens (tertiary/aromatic N) is 3. The molecule has 1 saturated heterocycles. The molecule has 2 heterocycles. The molecule has 0 bridgehead atoms. The Morgan fingerprint density at radius 2 is 1.72 bits per heavy atom. The molecule has 1 aromatic carbocycles. The Labute approximate surface area is 238 Å². The van der Waals surface area contributed by atoms with Gasteiger partial charge in [0.15, 0.2) is 0 Å². The Morgan fingerprint density at radius 1 is 1.03 bits per heavy atom. The summed E-state index contributed by atoms with van der Waals surface area (Å²) in [5, 5.41) is 1.99. The van der Waals surface area contributed by atoms with E-state index in [1.165, 1.54) is 22.9 Å². The number of hydrogen-bond donors (Lipinski definition) is 0. The fourth-order valence-electron chi connectivity index (χ4n) is 4.62. The molecule has 7 nitrogen and oxygen atoms in total. The number of ether oxygens (including phenoxy) is 1. The third kappa shape index (κ3) is 10.9. The maximum atomic E-state index is 13.7. The molecule has 1 fully saturated rings. The van der Waals surface area contributed by atoms with Crippen LogP contribution in [0.25, 0.3) is 0 Å². The van der Waals surface area contributed by atoms with Crippen LogP contribution in [-0.2, 0) is 32.6 Å². The number of aryl methyl sites for hydroxylation is 1. The van der Waals surface area contributed by atoms with Crippen LogP contribution in [0.15, 0.2) is 35.7 Å². The molecule has 218 valence electrons. The molecule has 3 rings (SSSR count). The topological polar surface area (TPSA) is 70.2 Å². The van der Waals surface area contributed by atoms with Crippen molar-refractivity contribution in [3.8, 4) is 0 Å². The summed E-state index contributed by atoms with van der Waals surface area (Å²) in [6.07, 6.45) is 5.94. The zero-order valence-electron chi connectivity index (χ0n) is 23.4. The minimum absolute atomic E-state index is 0.0531. The minimum atomic E-state index is -3.61. The first-order valence-electron chi connectivity index (χ1n) is 14.1. The zero-order valence-corrected chi connectivity index (χ0v) is 25.1. The molecular weight excluding hydrogens is 537 g/mol. The number of sulfonamides is 1. The van der Waals surface area contributed by atoms with E-state index in [0.717, 1.165) is 54.8 Å². The Kier molecular flexibility index (Phi) is 13.3. The van der Waals surface area contributed by atoms with E-state index in [4.69, 9.17) is 4.74 Å². The van der Waals surface area contributed by atoms with Crippen molar-refractivity contribution >= 4 is 27.3 Å². The Balaban J connectivity index is 1.73. The molecule has 0 radical (unpaired) electrons. The maximum absolute atomic E-state index is 13.7. The number of halogens is 1. The summed E-state index contributed by atoms with van der Waals surface area (Å²) in [4.78, 5) is 18.7. The van der Waals surface area contributed by atoms with Crippen molar-refractivity contribution in [2.75, 3.05) is 51.7 Å². The summed E-state index contributed by atoms with van der Waals surface area (Å²) < 4.78 is 47.3. The first kappa shape index (κ1) is 31.7. The molecule has 1 amide bonds. The predicted octanol–water partition coefficient (Wildman–Crippen LogP) is 5.05. The number of morpholine rings is 1. The smallest absolute Gasteiger partial charge is 0.238 e. The van der Waals surface area contributed by atoms with E-state index < -0.39 is 10.0 Å². The number of benzene rings is 1. The van der Waals surface area contributed by atoms with Crippen molar-refractivity contribution in [3.63, 3.8) is 0 Å². The van der Waals surface area contributed by atoms with Gasteiger partial charge in [-0.05, 0) is 48.1 Å². The molecule has 0 aliphatic carbocycles. The minimum Gasteiger partial charge on any atom is -0.379 e. The fourth-order valence-corrected chi connectivity index (χ4v) is 7.04. The largest absolute Gasteiger partial charge is 0.379 e. The number of rotatable bonds is 17. The van der Waals surface area contributed by atoms with Crippen LogP contribution in [0, 0.1) is 12.7 Å². The van der Waals surface area contributed by atoms with Gasteiger partial charge in [-0.1, -0.05) is 51.2 Å². The van der Waals surface area contributed by atoms with Gasteiger partial charge in [0.1, 0.15) is 5.82 Å². The molecule has 0 N–H and O–H groups in total. The third-order valence-electron chi connectivity index (χ3n) is 7.17. The van der Waals surface area contributed by atoms with Crippen LogP contribution in [0.5, 0.6) is 0 Å². The van der Waals surface area contributed by atoms with Gasteiger partial charge in [0.2, 0.25) is 15.9 Å². The molecule has 10 heteroatoms. The van der Waals surface area contributed by atoms with Crippen LogP contribution in [0.1, 0.15) is 61.5 Å². The van der Waals surface area contributed by atoms with Gasteiger partial charge in [-0.25, -0.2) is 12.8 Å². The summed E-state index contributed by atoms with van der Waals surface area (Å²) in [7, 11) is -3.61. The molecule has 2 aromatic rings. The SMILES string of the molecule is CCCCCCCCS(=O)(=O)N(CCN1CCOCC1)CC(=O)N(Cc1ccc(F)cc1)Cc1sccc1C. The second kappa shape index (κ2) is 16.4. The monoisotopic (exact) mass is 581 g/mol. The molecule has 1 aliphatic rings. The third-order valence-corrected chi connectivity index (χ3v) is 10.1. The van der Waals surface area contributed by atoms with Crippen molar-refractivity contribution in [1.82, 2.24) is 14.1 Å². The van der Waals surface area contributed by atoms with Crippen LogP contribution in [0.3, 0.4) is 0 Å². The lowest BCUT2D eigenvalue weighted by Crippen LogP contribution is -2.47. The highest BCUT2D eigenvalue weighted by Gasteiger charge is 2.28. The van der Waals surface area contributed by atoms with Gasteiger partial charge in [0, 0.05) is 37.6 Å². The Morgan fingerprint density at radius 3 is 2.38 bits per heavy atom. The van der Waals surface area contributed by atoms with Crippen LogP contribution in [0.4, 0.5) is 4.39 Å². The lowest BCUT2D eigenvalue weighted by atomic mass is 10.1. The first-order valence-corrected chi connectivity index (χ1v) is 16.6. The molecule has 0 unspecified atom stereocenters. The highest BCUT2D eigenvalue weighted by Crippen LogP contribution is 2.20. The van der Waals surface area contributed by atoms with Gasteiger partial charge in [0.25, 0.3) is 0 Å². The van der Waals surface area contributed by atoms with Crippen molar-refractivity contribution in [2.45, 2.75) is 65.5 Å². The van der Waals surface area contributed by atoms with Crippen molar-refractivity contribution < 1.29 is 22.3 Å². The second-order valence-corrected chi connectivity index (χ2v) is 13.4. The number of thiophene rings is 1. The highest BCUT2D eigenvalue weighted by atomic mass is 32.2. The standard InChI is InChI=1S/C29H44FN3O4S2/c1-3-4-5-6-7-8-21-39(35,36)33(15-14-31-16-18-37-19-17-31)24-29(34)32(23-28-25(2)13-20-38-28)22-26-9-11-27(30)12-10-26/h9-13,20H,3-8,14-19,21-24H2,1-2H3. The number of amides is 1. The van der Waals surface area contributed by atoms with Gasteiger partial charge >= 0.3 is 0 Å². The normalized spacial score (nSPS) is 14.7. The summed E-state index contributed by atoms with van der Waals surface area (Å²) in [5.41, 5.74) is 1.89. The van der Waals surface area contributed by atoms with Gasteiger partial charge in [-0.15, -0.1) is 11.3 Å². The van der Waals surface area contributed by atoms with E-state index in [1.54, 1.807) is 28.4 Å². The second-order valence-electron chi connectivity index (χ2n) is 10.3. The molecule has 0 spiro atoms. The van der Waals surface area contributed by atoms with Crippen molar-refractivity contribution in [2.24, 2.45) is 0 Å². The van der Waals surface area contributed by atoms with E-state index in [9.17, 15) is 17.6 Å². The predicted molar refractivity (Wildman–Crippen MR) is 156 cm³/mol. The number of carbonyl (C=O) groups is 1. The van der Waals surface area contributed by atoms with Crippen molar-refractivity contribution in [1.29, 1.82) is 0 Å². The van der Waals surface area contributed by atoms with Crippen LogP contribution < -0.4 is 0 Å². The number of hydrogen-bond acceptors (Lipinski definition) is 6. The zero-order chi connectivity index (χ0) is 28.1. The van der Waals surface area contributed by atoms with Gasteiger partial charge < -0.3 is 9.64 Å². The quantitative estimate of drug-likeness (QED) is 0.245. The Bertz CT molecular complexity index is 1100. The summed E-state index contributed by atoms with van der Waals surface area (Å²) in [6, 6.07) is 8.12. The van der Waals surface area contributed by atoms with E-state index in [0.29, 0.717) is 32.7 Å². The molecular formula is C29H44FN3O4S2.